The average Bonchev–Trinajstić information content (AvgIpc) is 2.97. The Hall–Kier alpha value is -2.75. The van der Waals surface area contributed by atoms with Crippen LogP contribution >= 0.6 is 0 Å². The summed E-state index contributed by atoms with van der Waals surface area (Å²) in [5.41, 5.74) is 0.199. The van der Waals surface area contributed by atoms with Crippen LogP contribution < -0.4 is 14.9 Å². The number of benzene rings is 2. The Morgan fingerprint density at radius 3 is 2.48 bits per heavy atom. The van der Waals surface area contributed by atoms with Crippen LogP contribution in [0, 0.1) is 0 Å². The molecule has 6 nitrogen and oxygen atoms in total. The molecule has 1 aliphatic rings. The Kier molecular flexibility index (Phi) is 4.77. The smallest absolute Gasteiger partial charge is 0.308 e. The monoisotopic (exact) mass is 399 g/mol. The van der Waals surface area contributed by atoms with E-state index in [-0.39, 0.29) is 11.4 Å². The van der Waals surface area contributed by atoms with Crippen molar-refractivity contribution in [2.45, 2.75) is 12.6 Å². The summed E-state index contributed by atoms with van der Waals surface area (Å²) in [6, 6.07) is 8.50. The molecular formula is C17H16F3N3O3S. The molecule has 0 atom stereocenters. The molecule has 0 bridgehead atoms. The van der Waals surface area contributed by atoms with Gasteiger partial charge in [-0.2, -0.15) is 13.2 Å². The number of nitrogens with zero attached hydrogens (tertiary/aromatic N) is 1. The highest BCUT2D eigenvalue weighted by atomic mass is 32.2. The molecule has 0 fully saturated rings. The number of anilines is 3. The van der Waals surface area contributed by atoms with Crippen molar-refractivity contribution in [2.24, 2.45) is 0 Å². The summed E-state index contributed by atoms with van der Waals surface area (Å²) in [6.07, 6.45) is -2.97. The molecule has 144 valence electrons. The number of carbonyl (C=O) groups is 1. The number of para-hydroxylation sites is 1. The molecule has 1 heterocycles. The molecule has 2 N–H and O–H groups in total. The topological polar surface area (TPSA) is 78.5 Å². The lowest BCUT2D eigenvalue weighted by atomic mass is 10.1. The first kappa shape index (κ1) is 19.0. The van der Waals surface area contributed by atoms with Gasteiger partial charge in [0.05, 0.1) is 23.2 Å². The van der Waals surface area contributed by atoms with Crippen molar-refractivity contribution in [1.29, 1.82) is 0 Å². The van der Waals surface area contributed by atoms with E-state index in [0.717, 1.165) is 24.0 Å². The van der Waals surface area contributed by atoms with Gasteiger partial charge in [-0.1, -0.05) is 18.2 Å². The van der Waals surface area contributed by atoms with Gasteiger partial charge in [-0.3, -0.25) is 4.31 Å². The van der Waals surface area contributed by atoms with E-state index in [0.29, 0.717) is 18.7 Å². The fraction of sp³-hybridized carbons (Fsp3) is 0.235. The first-order valence-electron chi connectivity index (χ1n) is 7.90. The van der Waals surface area contributed by atoms with Crippen molar-refractivity contribution in [3.8, 4) is 0 Å². The second-order valence-electron chi connectivity index (χ2n) is 6.05. The van der Waals surface area contributed by atoms with Gasteiger partial charge >= 0.3 is 12.2 Å². The number of urea groups is 1. The minimum atomic E-state index is -4.60. The Bertz CT molecular complexity index is 990. The number of carbonyl (C=O) groups excluding carboxylic acids is 1. The third-order valence-electron chi connectivity index (χ3n) is 4.08. The molecule has 0 unspecified atom stereocenters. The van der Waals surface area contributed by atoms with E-state index in [1.807, 2.05) is 0 Å². The zero-order chi connectivity index (χ0) is 19.8. The number of hydrogen-bond acceptors (Lipinski definition) is 3. The molecule has 0 aromatic heterocycles. The lowest BCUT2D eigenvalue weighted by Crippen LogP contribution is -2.27. The van der Waals surface area contributed by atoms with Crippen LogP contribution in [0.15, 0.2) is 42.5 Å². The van der Waals surface area contributed by atoms with Crippen LogP contribution in [0.3, 0.4) is 0 Å². The first-order chi connectivity index (χ1) is 12.6. The second-order valence-corrected chi connectivity index (χ2v) is 7.96. The van der Waals surface area contributed by atoms with E-state index in [4.69, 9.17) is 0 Å². The van der Waals surface area contributed by atoms with Gasteiger partial charge in [0.1, 0.15) is 0 Å². The maximum absolute atomic E-state index is 13.0. The zero-order valence-corrected chi connectivity index (χ0v) is 15.0. The van der Waals surface area contributed by atoms with Gasteiger partial charge in [0.15, 0.2) is 0 Å². The van der Waals surface area contributed by atoms with Gasteiger partial charge in [-0.05, 0) is 36.2 Å². The van der Waals surface area contributed by atoms with Gasteiger partial charge in [0.2, 0.25) is 10.0 Å². The van der Waals surface area contributed by atoms with Crippen LogP contribution in [0.1, 0.15) is 11.1 Å². The Labute approximate surface area is 154 Å². The third-order valence-corrected chi connectivity index (χ3v) is 5.26. The molecule has 1 aliphatic heterocycles. The quantitative estimate of drug-likeness (QED) is 0.827. The van der Waals surface area contributed by atoms with Crippen molar-refractivity contribution in [1.82, 2.24) is 0 Å². The minimum absolute atomic E-state index is 0.270. The maximum atomic E-state index is 13.0. The predicted octanol–water partition coefficient (Wildman–Crippen LogP) is 3.67. The van der Waals surface area contributed by atoms with E-state index in [1.165, 1.54) is 22.5 Å². The van der Waals surface area contributed by atoms with Gasteiger partial charge in [0.25, 0.3) is 0 Å². The van der Waals surface area contributed by atoms with Crippen molar-refractivity contribution in [3.05, 3.63) is 53.6 Å². The SMILES string of the molecule is CS(=O)(=O)N1CCc2ccc(NC(=O)Nc3ccccc3C(F)(F)F)cc21. The van der Waals surface area contributed by atoms with Crippen molar-refractivity contribution in [2.75, 3.05) is 27.7 Å². The molecule has 2 aromatic rings. The number of rotatable bonds is 3. The van der Waals surface area contributed by atoms with Crippen molar-refractivity contribution >= 4 is 33.1 Å². The highest BCUT2D eigenvalue weighted by Crippen LogP contribution is 2.35. The largest absolute Gasteiger partial charge is 0.418 e. The highest BCUT2D eigenvalue weighted by Gasteiger charge is 2.33. The van der Waals surface area contributed by atoms with E-state index in [1.54, 1.807) is 12.1 Å². The molecule has 0 aliphatic carbocycles. The molecule has 0 saturated carbocycles. The number of hydrogen-bond donors (Lipinski definition) is 2. The summed E-state index contributed by atoms with van der Waals surface area (Å²) in [5.74, 6) is 0. The molecule has 0 saturated heterocycles. The molecule has 10 heteroatoms. The van der Waals surface area contributed by atoms with E-state index >= 15 is 0 Å². The van der Waals surface area contributed by atoms with Gasteiger partial charge < -0.3 is 10.6 Å². The van der Waals surface area contributed by atoms with Crippen LogP contribution in [0.4, 0.5) is 35.0 Å². The number of amides is 2. The van der Waals surface area contributed by atoms with E-state index in [9.17, 15) is 26.4 Å². The van der Waals surface area contributed by atoms with Crippen LogP contribution in [0.2, 0.25) is 0 Å². The lowest BCUT2D eigenvalue weighted by Gasteiger charge is -2.18. The number of alkyl halides is 3. The fourth-order valence-electron chi connectivity index (χ4n) is 2.90. The summed E-state index contributed by atoms with van der Waals surface area (Å²) >= 11 is 0. The second kappa shape index (κ2) is 6.76. The number of sulfonamides is 1. The van der Waals surface area contributed by atoms with Crippen LogP contribution in [0.25, 0.3) is 0 Å². The summed E-state index contributed by atoms with van der Waals surface area (Å²) in [4.78, 5) is 12.1. The van der Waals surface area contributed by atoms with Crippen molar-refractivity contribution in [3.63, 3.8) is 0 Å². The van der Waals surface area contributed by atoms with E-state index < -0.39 is 27.8 Å². The lowest BCUT2D eigenvalue weighted by molar-refractivity contribution is -0.136. The Morgan fingerprint density at radius 2 is 1.81 bits per heavy atom. The summed E-state index contributed by atoms with van der Waals surface area (Å²) in [7, 11) is -3.45. The summed E-state index contributed by atoms with van der Waals surface area (Å²) < 4.78 is 63.9. The Morgan fingerprint density at radius 1 is 1.11 bits per heavy atom. The van der Waals surface area contributed by atoms with Crippen LogP contribution in [-0.2, 0) is 22.6 Å². The molecule has 3 rings (SSSR count). The fourth-order valence-corrected chi connectivity index (χ4v) is 3.85. The third kappa shape index (κ3) is 4.16. The summed E-state index contributed by atoms with van der Waals surface area (Å²) in [6.45, 7) is 0.308. The van der Waals surface area contributed by atoms with Crippen LogP contribution in [-0.4, -0.2) is 27.2 Å². The van der Waals surface area contributed by atoms with Gasteiger partial charge in [-0.25, -0.2) is 13.2 Å². The highest BCUT2D eigenvalue weighted by molar-refractivity contribution is 7.92. The maximum Gasteiger partial charge on any atom is 0.418 e. The standard InChI is InChI=1S/C17H16F3N3O3S/c1-27(25,26)23-9-8-11-6-7-12(10-15(11)23)21-16(24)22-14-5-3-2-4-13(14)17(18,19)20/h2-7,10H,8-9H2,1H3,(H2,21,22,24). The zero-order valence-electron chi connectivity index (χ0n) is 14.2. The van der Waals surface area contributed by atoms with Crippen molar-refractivity contribution < 1.29 is 26.4 Å². The van der Waals surface area contributed by atoms with Crippen LogP contribution in [0.5, 0.6) is 0 Å². The molecular weight excluding hydrogens is 383 g/mol. The van der Waals surface area contributed by atoms with Gasteiger partial charge in [-0.15, -0.1) is 0 Å². The van der Waals surface area contributed by atoms with E-state index in [2.05, 4.69) is 10.6 Å². The molecule has 2 amide bonds. The number of nitrogens with one attached hydrogen (secondary N) is 2. The Balaban J connectivity index is 1.79. The number of fused-ring (bicyclic) bond motifs is 1. The number of halogens is 3. The molecule has 0 spiro atoms. The average molecular weight is 399 g/mol. The predicted molar refractivity (Wildman–Crippen MR) is 96.4 cm³/mol. The molecule has 27 heavy (non-hydrogen) atoms. The van der Waals surface area contributed by atoms with Gasteiger partial charge in [0, 0.05) is 12.2 Å². The molecule has 0 radical (unpaired) electrons. The minimum Gasteiger partial charge on any atom is -0.308 e. The summed E-state index contributed by atoms with van der Waals surface area (Å²) in [5, 5.41) is 4.60. The normalized spacial score (nSPS) is 14.0. The first-order valence-corrected chi connectivity index (χ1v) is 9.75. The molecule has 2 aromatic carbocycles.